The average molecular weight is 242 g/mol. The maximum absolute atomic E-state index is 4.60. The van der Waals surface area contributed by atoms with Gasteiger partial charge in [0.05, 0.1) is 23.3 Å². The maximum Gasteiger partial charge on any atom is 0.0829 e. The Morgan fingerprint density at radius 2 is 2.17 bits per heavy atom. The molecule has 0 bridgehead atoms. The van der Waals surface area contributed by atoms with Gasteiger partial charge in [0.1, 0.15) is 0 Å². The van der Waals surface area contributed by atoms with E-state index in [2.05, 4.69) is 40.5 Å². The van der Waals surface area contributed by atoms with Gasteiger partial charge in [-0.05, 0) is 45.0 Å². The number of nitrogens with zero attached hydrogens (tertiary/aromatic N) is 3. The molecule has 0 radical (unpaired) electrons. The molecule has 94 valence electrons. The molecule has 0 amide bonds. The van der Waals surface area contributed by atoms with Crippen LogP contribution in [0.4, 0.5) is 0 Å². The average Bonchev–Trinajstić information content (AvgIpc) is 3.16. The molecule has 2 heterocycles. The first-order valence-corrected chi connectivity index (χ1v) is 6.47. The van der Waals surface area contributed by atoms with Gasteiger partial charge in [-0.3, -0.25) is 4.98 Å². The van der Waals surface area contributed by atoms with E-state index < -0.39 is 0 Å². The molecule has 1 unspecified atom stereocenters. The van der Waals surface area contributed by atoms with Gasteiger partial charge >= 0.3 is 0 Å². The van der Waals surface area contributed by atoms with Crippen molar-refractivity contribution in [2.75, 3.05) is 7.05 Å². The molecule has 0 aliphatic heterocycles. The van der Waals surface area contributed by atoms with Crippen LogP contribution in [0.2, 0.25) is 0 Å². The van der Waals surface area contributed by atoms with Gasteiger partial charge < -0.3 is 5.32 Å². The second-order valence-electron chi connectivity index (χ2n) is 4.91. The number of nitrogens with one attached hydrogen (secondary N) is 1. The van der Waals surface area contributed by atoms with Crippen LogP contribution in [0.3, 0.4) is 0 Å². The van der Waals surface area contributed by atoms with Crippen LogP contribution in [0.1, 0.15) is 43.1 Å². The van der Waals surface area contributed by atoms with Crippen molar-refractivity contribution in [3.05, 3.63) is 42.0 Å². The summed E-state index contributed by atoms with van der Waals surface area (Å²) in [6.07, 6.45) is 6.47. The summed E-state index contributed by atoms with van der Waals surface area (Å²) >= 11 is 0. The van der Waals surface area contributed by atoms with Crippen molar-refractivity contribution in [3.8, 4) is 5.69 Å². The zero-order chi connectivity index (χ0) is 12.5. The molecule has 2 aromatic rings. The van der Waals surface area contributed by atoms with E-state index in [0.29, 0.717) is 5.92 Å². The van der Waals surface area contributed by atoms with E-state index in [0.717, 1.165) is 11.4 Å². The monoisotopic (exact) mass is 242 g/mol. The third kappa shape index (κ3) is 2.16. The number of hydrogen-bond donors (Lipinski definition) is 1. The zero-order valence-corrected chi connectivity index (χ0v) is 10.8. The van der Waals surface area contributed by atoms with Crippen LogP contribution in [-0.4, -0.2) is 21.8 Å². The number of hydrogen-bond acceptors (Lipinski definition) is 3. The Kier molecular flexibility index (Phi) is 2.88. The van der Waals surface area contributed by atoms with Gasteiger partial charge in [-0.25, -0.2) is 4.68 Å². The topological polar surface area (TPSA) is 42.7 Å². The normalized spacial score (nSPS) is 16.8. The van der Waals surface area contributed by atoms with Crippen molar-refractivity contribution < 1.29 is 0 Å². The fraction of sp³-hybridized carbons (Fsp3) is 0.429. The summed E-state index contributed by atoms with van der Waals surface area (Å²) in [6, 6.07) is 6.51. The van der Waals surface area contributed by atoms with E-state index in [1.807, 2.05) is 24.1 Å². The van der Waals surface area contributed by atoms with Gasteiger partial charge in [0.25, 0.3) is 0 Å². The molecule has 1 fully saturated rings. The lowest BCUT2D eigenvalue weighted by molar-refractivity contribution is 0.632. The van der Waals surface area contributed by atoms with Crippen LogP contribution in [-0.2, 0) is 0 Å². The second kappa shape index (κ2) is 4.53. The largest absolute Gasteiger partial charge is 0.312 e. The molecule has 4 heteroatoms. The minimum Gasteiger partial charge on any atom is -0.312 e. The number of rotatable bonds is 4. The first-order chi connectivity index (χ1) is 8.78. The van der Waals surface area contributed by atoms with Gasteiger partial charge in [-0.15, -0.1) is 0 Å². The predicted molar refractivity (Wildman–Crippen MR) is 70.8 cm³/mol. The Balaban J connectivity index is 1.82. The summed E-state index contributed by atoms with van der Waals surface area (Å²) in [5.74, 6) is 0.697. The highest BCUT2D eigenvalue weighted by molar-refractivity contribution is 5.30. The standard InChI is InChI=1S/C14H18N4/c1-10(15-2)13-6-5-12(9-16-13)18-8-7-14(17-18)11-3-4-11/h5-11,15H,3-4H2,1-2H3. The SMILES string of the molecule is CNC(C)c1ccc(-n2ccc(C3CC3)n2)cn1. The van der Waals surface area contributed by atoms with Gasteiger partial charge in [0.2, 0.25) is 0 Å². The lowest BCUT2D eigenvalue weighted by Crippen LogP contribution is -2.13. The summed E-state index contributed by atoms with van der Waals surface area (Å²) in [6.45, 7) is 2.10. The van der Waals surface area contributed by atoms with Crippen molar-refractivity contribution in [2.45, 2.75) is 31.7 Å². The predicted octanol–water partition coefficient (Wildman–Crippen LogP) is 2.43. The van der Waals surface area contributed by atoms with Gasteiger partial charge in [0, 0.05) is 18.2 Å². The van der Waals surface area contributed by atoms with Crippen molar-refractivity contribution in [3.63, 3.8) is 0 Å². The van der Waals surface area contributed by atoms with E-state index >= 15 is 0 Å². The Bertz CT molecular complexity index is 525. The van der Waals surface area contributed by atoms with Crippen molar-refractivity contribution in [1.29, 1.82) is 0 Å². The van der Waals surface area contributed by atoms with E-state index in [9.17, 15) is 0 Å². The number of aromatic nitrogens is 3. The van der Waals surface area contributed by atoms with Crippen LogP contribution in [0.15, 0.2) is 30.6 Å². The van der Waals surface area contributed by atoms with Gasteiger partial charge in [-0.1, -0.05) is 0 Å². The second-order valence-corrected chi connectivity index (χ2v) is 4.91. The van der Waals surface area contributed by atoms with Crippen molar-refractivity contribution in [2.24, 2.45) is 0 Å². The quantitative estimate of drug-likeness (QED) is 0.895. The Hall–Kier alpha value is -1.68. The lowest BCUT2D eigenvalue weighted by atomic mass is 10.2. The Morgan fingerprint density at radius 3 is 2.78 bits per heavy atom. The van der Waals surface area contributed by atoms with Crippen LogP contribution in [0.5, 0.6) is 0 Å². The van der Waals surface area contributed by atoms with Crippen LogP contribution in [0.25, 0.3) is 5.69 Å². The Morgan fingerprint density at radius 1 is 1.33 bits per heavy atom. The summed E-state index contributed by atoms with van der Waals surface area (Å²) < 4.78 is 1.91. The lowest BCUT2D eigenvalue weighted by Gasteiger charge is -2.09. The highest BCUT2D eigenvalue weighted by atomic mass is 15.3. The van der Waals surface area contributed by atoms with Crippen molar-refractivity contribution in [1.82, 2.24) is 20.1 Å². The summed E-state index contributed by atoms with van der Waals surface area (Å²) in [5, 5.41) is 7.78. The van der Waals surface area contributed by atoms with Crippen LogP contribution >= 0.6 is 0 Å². The summed E-state index contributed by atoms with van der Waals surface area (Å²) in [4.78, 5) is 4.47. The molecule has 1 atom stereocenters. The summed E-state index contributed by atoms with van der Waals surface area (Å²) in [5.41, 5.74) is 3.28. The first kappa shape index (κ1) is 11.4. The molecule has 1 N–H and O–H groups in total. The Labute approximate surface area is 107 Å². The smallest absolute Gasteiger partial charge is 0.0829 e. The van der Waals surface area contributed by atoms with E-state index in [1.165, 1.54) is 18.5 Å². The molecular weight excluding hydrogens is 224 g/mol. The van der Waals surface area contributed by atoms with E-state index in [-0.39, 0.29) is 6.04 Å². The van der Waals surface area contributed by atoms with Gasteiger partial charge in [-0.2, -0.15) is 5.10 Å². The maximum atomic E-state index is 4.60. The minimum absolute atomic E-state index is 0.277. The van der Waals surface area contributed by atoms with Crippen LogP contribution in [0, 0.1) is 0 Å². The molecule has 1 aliphatic carbocycles. The molecule has 18 heavy (non-hydrogen) atoms. The molecule has 2 aromatic heterocycles. The molecule has 1 aliphatic rings. The third-order valence-electron chi connectivity index (χ3n) is 3.52. The highest BCUT2D eigenvalue weighted by Gasteiger charge is 2.25. The number of pyridine rings is 1. The van der Waals surface area contributed by atoms with Crippen molar-refractivity contribution >= 4 is 0 Å². The molecule has 0 spiro atoms. The fourth-order valence-electron chi connectivity index (χ4n) is 2.02. The zero-order valence-electron chi connectivity index (χ0n) is 10.8. The van der Waals surface area contributed by atoms with E-state index in [4.69, 9.17) is 0 Å². The fourth-order valence-corrected chi connectivity index (χ4v) is 2.02. The molecule has 4 nitrogen and oxygen atoms in total. The summed E-state index contributed by atoms with van der Waals surface area (Å²) in [7, 11) is 1.94. The van der Waals surface area contributed by atoms with Crippen LogP contribution < -0.4 is 5.32 Å². The molecule has 1 saturated carbocycles. The van der Waals surface area contributed by atoms with E-state index in [1.54, 1.807) is 0 Å². The molecule has 0 saturated heterocycles. The molecule has 0 aromatic carbocycles. The third-order valence-corrected chi connectivity index (χ3v) is 3.52. The van der Waals surface area contributed by atoms with Gasteiger partial charge in [0.15, 0.2) is 0 Å². The first-order valence-electron chi connectivity index (χ1n) is 6.47. The highest BCUT2D eigenvalue weighted by Crippen LogP contribution is 2.38. The molecular formula is C14H18N4. The molecule has 3 rings (SSSR count). The minimum atomic E-state index is 0.277.